The van der Waals surface area contributed by atoms with Crippen LogP contribution in [0.2, 0.25) is 0 Å². The highest BCUT2D eigenvalue weighted by Gasteiger charge is 2.23. The molecule has 2 nitrogen and oxygen atoms in total. The molecule has 0 fully saturated rings. The average Bonchev–Trinajstić information content (AvgIpc) is 2.04. The van der Waals surface area contributed by atoms with E-state index in [1.807, 2.05) is 0 Å². The van der Waals surface area contributed by atoms with E-state index < -0.39 is 12.9 Å². The number of halogens is 3. The summed E-state index contributed by atoms with van der Waals surface area (Å²) in [6, 6.07) is 6.69. The third-order valence-electron chi connectivity index (χ3n) is 1.38. The van der Waals surface area contributed by atoms with Crippen LogP contribution in [-0.2, 0) is 9.84 Å². The van der Waals surface area contributed by atoms with E-state index in [2.05, 4.69) is 47.8 Å². The minimum absolute atomic E-state index is 0.272. The molecule has 0 unspecified atom stereocenters. The van der Waals surface area contributed by atoms with E-state index in [0.29, 0.717) is 4.47 Å². The maximum Gasteiger partial charge on any atom is 0.202 e. The van der Waals surface area contributed by atoms with Gasteiger partial charge in [0.05, 0.1) is 4.90 Å². The standard InChI is InChI=1S/C7H5Br3O2S/c8-5-3-1-2-4-6(5)13(11,12)7(9)10/h1-4,7H. The Hall–Kier alpha value is 0.610. The first kappa shape index (κ1) is 11.7. The van der Waals surface area contributed by atoms with Crippen molar-refractivity contribution in [3.8, 4) is 0 Å². The Morgan fingerprint density at radius 1 is 1.15 bits per heavy atom. The molecule has 0 aliphatic carbocycles. The lowest BCUT2D eigenvalue weighted by Crippen LogP contribution is -2.08. The summed E-state index contributed by atoms with van der Waals surface area (Å²) in [4.78, 5) is 0.272. The summed E-state index contributed by atoms with van der Waals surface area (Å²) in [5, 5.41) is 0. The number of alkyl halides is 2. The molecular formula is C7H5Br3O2S. The van der Waals surface area contributed by atoms with Crippen molar-refractivity contribution >= 4 is 57.6 Å². The molecule has 1 aromatic rings. The van der Waals surface area contributed by atoms with Gasteiger partial charge in [0.15, 0.2) is 3.07 Å². The molecule has 0 heterocycles. The van der Waals surface area contributed by atoms with Crippen molar-refractivity contribution in [1.82, 2.24) is 0 Å². The number of rotatable bonds is 2. The summed E-state index contributed by atoms with van der Waals surface area (Å²) < 4.78 is 23.1. The molecule has 6 heteroatoms. The highest BCUT2D eigenvalue weighted by molar-refractivity contribution is 9.27. The Kier molecular flexibility index (Phi) is 3.97. The number of benzene rings is 1. The Morgan fingerprint density at radius 3 is 2.15 bits per heavy atom. The second-order valence-electron chi connectivity index (χ2n) is 2.24. The molecule has 0 atom stereocenters. The molecule has 0 saturated carbocycles. The van der Waals surface area contributed by atoms with Crippen LogP contribution in [0.4, 0.5) is 0 Å². The van der Waals surface area contributed by atoms with E-state index in [0.717, 1.165) is 0 Å². The van der Waals surface area contributed by atoms with Crippen LogP contribution in [0.5, 0.6) is 0 Å². The number of hydrogen-bond donors (Lipinski definition) is 0. The highest BCUT2D eigenvalue weighted by Crippen LogP contribution is 2.29. The van der Waals surface area contributed by atoms with Crippen LogP contribution in [0, 0.1) is 0 Å². The second kappa shape index (κ2) is 4.42. The largest absolute Gasteiger partial charge is 0.222 e. The van der Waals surface area contributed by atoms with Crippen molar-refractivity contribution in [3.63, 3.8) is 0 Å². The normalized spacial score (nSPS) is 12.0. The minimum Gasteiger partial charge on any atom is -0.222 e. The molecule has 0 radical (unpaired) electrons. The molecule has 72 valence electrons. The predicted molar refractivity (Wildman–Crippen MR) is 63.0 cm³/mol. The summed E-state index contributed by atoms with van der Waals surface area (Å²) in [5.74, 6) is 0. The van der Waals surface area contributed by atoms with Crippen LogP contribution in [0.1, 0.15) is 0 Å². The quantitative estimate of drug-likeness (QED) is 0.724. The monoisotopic (exact) mass is 390 g/mol. The van der Waals surface area contributed by atoms with Crippen molar-refractivity contribution in [2.45, 2.75) is 7.96 Å². The Bertz CT molecular complexity index is 400. The van der Waals surface area contributed by atoms with Gasteiger partial charge in [-0.05, 0) is 28.1 Å². The van der Waals surface area contributed by atoms with E-state index in [1.165, 1.54) is 0 Å². The minimum atomic E-state index is -3.32. The first-order valence-corrected chi connectivity index (χ1v) is 7.40. The molecule has 1 rings (SSSR count). The number of sulfone groups is 1. The van der Waals surface area contributed by atoms with Crippen LogP contribution < -0.4 is 0 Å². The molecule has 0 aromatic heterocycles. The van der Waals surface area contributed by atoms with Crippen molar-refractivity contribution in [2.24, 2.45) is 0 Å². The van der Waals surface area contributed by atoms with Crippen molar-refractivity contribution in [1.29, 1.82) is 0 Å². The summed E-state index contributed by atoms with van der Waals surface area (Å²) in [6.45, 7) is 0. The fourth-order valence-corrected chi connectivity index (χ4v) is 3.74. The fraction of sp³-hybridized carbons (Fsp3) is 0.143. The molecular weight excluding hydrogens is 388 g/mol. The van der Waals surface area contributed by atoms with Gasteiger partial charge in [-0.1, -0.05) is 44.0 Å². The van der Waals surface area contributed by atoms with Gasteiger partial charge < -0.3 is 0 Å². The van der Waals surface area contributed by atoms with Gasteiger partial charge in [-0.25, -0.2) is 8.42 Å². The molecule has 0 N–H and O–H groups in total. The first-order valence-electron chi connectivity index (χ1n) is 3.23. The van der Waals surface area contributed by atoms with Crippen LogP contribution in [0.25, 0.3) is 0 Å². The van der Waals surface area contributed by atoms with Crippen LogP contribution >= 0.6 is 47.8 Å². The first-order chi connectivity index (χ1) is 5.96. The molecule has 0 spiro atoms. The average molecular weight is 393 g/mol. The lowest BCUT2D eigenvalue weighted by molar-refractivity contribution is 0.599. The van der Waals surface area contributed by atoms with E-state index in [9.17, 15) is 8.42 Å². The lowest BCUT2D eigenvalue weighted by Gasteiger charge is -2.06. The molecule has 13 heavy (non-hydrogen) atoms. The van der Waals surface area contributed by atoms with Gasteiger partial charge in [-0.3, -0.25) is 0 Å². The van der Waals surface area contributed by atoms with Gasteiger partial charge >= 0.3 is 0 Å². The molecule has 1 aromatic carbocycles. The van der Waals surface area contributed by atoms with E-state index in [1.54, 1.807) is 24.3 Å². The molecule has 0 aliphatic heterocycles. The predicted octanol–water partition coefficient (Wildman–Crippen LogP) is 3.30. The topological polar surface area (TPSA) is 34.1 Å². The third kappa shape index (κ3) is 2.55. The van der Waals surface area contributed by atoms with Crippen LogP contribution in [0.15, 0.2) is 33.6 Å². The SMILES string of the molecule is O=S(=O)(c1ccccc1Br)C(Br)Br. The van der Waals surface area contributed by atoms with Crippen molar-refractivity contribution in [3.05, 3.63) is 28.7 Å². The second-order valence-corrected chi connectivity index (χ2v) is 9.36. The summed E-state index contributed by atoms with van der Waals surface area (Å²) >= 11 is 9.13. The van der Waals surface area contributed by atoms with Crippen molar-refractivity contribution in [2.75, 3.05) is 0 Å². The van der Waals surface area contributed by atoms with Crippen molar-refractivity contribution < 1.29 is 8.42 Å². The summed E-state index contributed by atoms with van der Waals surface area (Å²) in [5.41, 5.74) is 0. The smallest absolute Gasteiger partial charge is 0.202 e. The van der Waals surface area contributed by atoms with Crippen LogP contribution in [-0.4, -0.2) is 11.5 Å². The highest BCUT2D eigenvalue weighted by atomic mass is 79.9. The maximum absolute atomic E-state index is 11.6. The zero-order chi connectivity index (χ0) is 10.1. The third-order valence-corrected chi connectivity index (χ3v) is 6.72. The molecule has 0 saturated heterocycles. The maximum atomic E-state index is 11.6. The van der Waals surface area contributed by atoms with E-state index in [-0.39, 0.29) is 4.90 Å². The molecule has 0 aliphatic rings. The Balaban J connectivity index is 3.32. The Morgan fingerprint density at radius 2 is 1.69 bits per heavy atom. The zero-order valence-electron chi connectivity index (χ0n) is 6.25. The number of hydrogen-bond acceptors (Lipinski definition) is 2. The van der Waals surface area contributed by atoms with Gasteiger partial charge in [-0.2, -0.15) is 0 Å². The van der Waals surface area contributed by atoms with E-state index >= 15 is 0 Å². The van der Waals surface area contributed by atoms with Crippen LogP contribution in [0.3, 0.4) is 0 Å². The van der Waals surface area contributed by atoms with Gasteiger partial charge in [0.1, 0.15) is 0 Å². The Labute approximate surface area is 102 Å². The van der Waals surface area contributed by atoms with E-state index in [4.69, 9.17) is 0 Å². The molecule has 0 bridgehead atoms. The fourth-order valence-electron chi connectivity index (χ4n) is 0.771. The lowest BCUT2D eigenvalue weighted by atomic mass is 10.4. The van der Waals surface area contributed by atoms with Gasteiger partial charge in [-0.15, -0.1) is 0 Å². The molecule has 0 amide bonds. The summed E-state index contributed by atoms with van der Waals surface area (Å²) in [7, 11) is -3.32. The van der Waals surface area contributed by atoms with Gasteiger partial charge in [0, 0.05) is 4.47 Å². The summed E-state index contributed by atoms with van der Waals surface area (Å²) in [6.07, 6.45) is 0. The van der Waals surface area contributed by atoms with Gasteiger partial charge in [0.25, 0.3) is 0 Å². The van der Waals surface area contributed by atoms with Gasteiger partial charge in [0.2, 0.25) is 9.84 Å². The zero-order valence-corrected chi connectivity index (χ0v) is 11.8.